The molecule has 22 heavy (non-hydrogen) atoms. The van der Waals surface area contributed by atoms with Gasteiger partial charge in [0.1, 0.15) is 11.1 Å². The zero-order valence-electron chi connectivity index (χ0n) is 10.4. The van der Waals surface area contributed by atoms with E-state index < -0.39 is 46.6 Å². The Morgan fingerprint density at radius 1 is 0.636 bits per heavy atom. The van der Waals surface area contributed by atoms with E-state index in [1.165, 1.54) is 0 Å². The molecule has 2 aromatic carbocycles. The van der Waals surface area contributed by atoms with E-state index >= 15 is 0 Å². The van der Waals surface area contributed by atoms with Gasteiger partial charge in [-0.1, -0.05) is 0 Å². The molecule has 0 amide bonds. The number of carbonyl (C=O) groups is 4. The van der Waals surface area contributed by atoms with Gasteiger partial charge in [-0.3, -0.25) is 0 Å². The molecule has 0 N–H and O–H groups in total. The van der Waals surface area contributed by atoms with Crippen LogP contribution in [0.2, 0.25) is 0 Å². The number of cyclic esters (lactones) is 4. The predicted molar refractivity (Wildman–Crippen MR) is 63.4 cm³/mol. The van der Waals surface area contributed by atoms with Crippen LogP contribution < -0.4 is 0 Å². The third kappa shape index (κ3) is 1.26. The summed E-state index contributed by atoms with van der Waals surface area (Å²) in [7, 11) is 0. The van der Waals surface area contributed by atoms with Crippen LogP contribution in [0.25, 0.3) is 10.8 Å². The summed E-state index contributed by atoms with van der Waals surface area (Å²) >= 11 is 0. The van der Waals surface area contributed by atoms with Crippen molar-refractivity contribution in [2.75, 3.05) is 0 Å². The standard InChI is InChI=1S/C14H2F2O6/c15-9-7-5-3(11(17)21-13(7)19)1-2-4-6(5)8(10(9)16)14(20)22-12(4)18/h1-2H. The molecule has 2 aliphatic rings. The fraction of sp³-hybridized carbons (Fsp3) is 0. The van der Waals surface area contributed by atoms with E-state index in [1.807, 2.05) is 0 Å². The molecule has 0 fully saturated rings. The van der Waals surface area contributed by atoms with Crippen LogP contribution in [0.5, 0.6) is 0 Å². The van der Waals surface area contributed by atoms with Crippen molar-refractivity contribution in [3.8, 4) is 0 Å². The van der Waals surface area contributed by atoms with E-state index in [4.69, 9.17) is 0 Å². The van der Waals surface area contributed by atoms with Crippen LogP contribution in [0.1, 0.15) is 41.4 Å². The van der Waals surface area contributed by atoms with E-state index in [9.17, 15) is 28.0 Å². The van der Waals surface area contributed by atoms with Crippen molar-refractivity contribution in [3.63, 3.8) is 0 Å². The molecule has 0 bridgehead atoms. The molecule has 0 aromatic heterocycles. The lowest BCUT2D eigenvalue weighted by Gasteiger charge is -2.22. The second kappa shape index (κ2) is 3.73. The van der Waals surface area contributed by atoms with Gasteiger partial charge in [-0.2, -0.15) is 0 Å². The number of ether oxygens (including phenoxy) is 2. The zero-order chi connectivity index (χ0) is 15.8. The van der Waals surface area contributed by atoms with Gasteiger partial charge in [0, 0.05) is 10.8 Å². The van der Waals surface area contributed by atoms with E-state index in [-0.39, 0.29) is 21.9 Å². The zero-order valence-corrected chi connectivity index (χ0v) is 10.4. The quantitative estimate of drug-likeness (QED) is 0.544. The Morgan fingerprint density at radius 3 is 1.36 bits per heavy atom. The van der Waals surface area contributed by atoms with Gasteiger partial charge >= 0.3 is 23.9 Å². The fourth-order valence-electron chi connectivity index (χ4n) is 2.66. The van der Waals surface area contributed by atoms with Crippen LogP contribution in [0.4, 0.5) is 8.78 Å². The van der Waals surface area contributed by atoms with E-state index in [0.29, 0.717) is 0 Å². The maximum Gasteiger partial charge on any atom is 0.349 e. The molecular weight excluding hydrogens is 302 g/mol. The summed E-state index contributed by atoms with van der Waals surface area (Å²) < 4.78 is 36.9. The first-order chi connectivity index (χ1) is 10.4. The van der Waals surface area contributed by atoms with Crippen LogP contribution in [0, 0.1) is 11.6 Å². The van der Waals surface area contributed by atoms with Gasteiger partial charge in [-0.15, -0.1) is 0 Å². The average molecular weight is 304 g/mol. The lowest BCUT2D eigenvalue weighted by Crippen LogP contribution is -2.27. The Hall–Kier alpha value is -3.16. The Morgan fingerprint density at radius 2 is 1.00 bits per heavy atom. The number of hydrogen-bond donors (Lipinski definition) is 0. The largest absolute Gasteiger partial charge is 0.386 e. The molecule has 2 aliphatic heterocycles. The Bertz CT molecular complexity index is 897. The van der Waals surface area contributed by atoms with Crippen molar-refractivity contribution < 1.29 is 37.4 Å². The van der Waals surface area contributed by atoms with Crippen LogP contribution in [0.3, 0.4) is 0 Å². The molecule has 108 valence electrons. The minimum Gasteiger partial charge on any atom is -0.386 e. The number of rotatable bonds is 0. The summed E-state index contributed by atoms with van der Waals surface area (Å²) in [5, 5.41) is -0.643. The number of esters is 4. The second-order valence-corrected chi connectivity index (χ2v) is 4.64. The highest BCUT2D eigenvalue weighted by Gasteiger charge is 2.40. The third-order valence-corrected chi connectivity index (χ3v) is 3.56. The monoisotopic (exact) mass is 304 g/mol. The molecule has 4 rings (SSSR count). The first-order valence-corrected chi connectivity index (χ1v) is 5.92. The molecule has 8 heteroatoms. The van der Waals surface area contributed by atoms with Crippen molar-refractivity contribution in [1.82, 2.24) is 0 Å². The Labute approximate surface area is 119 Å². The Kier molecular flexibility index (Phi) is 2.13. The molecule has 0 saturated carbocycles. The van der Waals surface area contributed by atoms with Gasteiger partial charge in [0.05, 0.1) is 11.1 Å². The van der Waals surface area contributed by atoms with Crippen molar-refractivity contribution in [2.24, 2.45) is 0 Å². The predicted octanol–water partition coefficient (Wildman–Crippen LogP) is 1.74. The summed E-state index contributed by atoms with van der Waals surface area (Å²) in [6, 6.07) is 2.24. The van der Waals surface area contributed by atoms with E-state index in [0.717, 1.165) is 12.1 Å². The molecule has 0 saturated heterocycles. The summed E-state index contributed by atoms with van der Waals surface area (Å²) in [5.41, 5.74) is -2.13. The van der Waals surface area contributed by atoms with Gasteiger partial charge in [-0.25, -0.2) is 28.0 Å². The molecule has 0 aliphatic carbocycles. The molecule has 6 nitrogen and oxygen atoms in total. The summed E-state index contributed by atoms with van der Waals surface area (Å²) in [6.45, 7) is 0. The van der Waals surface area contributed by atoms with Gasteiger partial charge in [-0.05, 0) is 12.1 Å². The fourth-order valence-corrected chi connectivity index (χ4v) is 2.66. The normalized spacial score (nSPS) is 15.9. The number of carbonyl (C=O) groups excluding carboxylic acids is 4. The summed E-state index contributed by atoms with van der Waals surface area (Å²) in [6.07, 6.45) is 0. The first-order valence-electron chi connectivity index (χ1n) is 5.92. The SMILES string of the molecule is O=C1OC(=O)c2c(F)c(F)c3c4c(ccc1c24)C(=O)OC3=O. The van der Waals surface area contributed by atoms with Gasteiger partial charge < -0.3 is 9.47 Å². The Balaban J connectivity index is 2.37. The van der Waals surface area contributed by atoms with Crippen molar-refractivity contribution in [1.29, 1.82) is 0 Å². The van der Waals surface area contributed by atoms with Gasteiger partial charge in [0.25, 0.3) is 0 Å². The lowest BCUT2D eigenvalue weighted by molar-refractivity contribution is 0.0359. The van der Waals surface area contributed by atoms with Crippen molar-refractivity contribution in [2.45, 2.75) is 0 Å². The summed E-state index contributed by atoms with van der Waals surface area (Å²) in [5.74, 6) is -8.19. The minimum atomic E-state index is -1.63. The maximum atomic E-state index is 14.1. The molecular formula is C14H2F2O6. The lowest BCUT2D eigenvalue weighted by atomic mass is 9.88. The summed E-state index contributed by atoms with van der Waals surface area (Å²) in [4.78, 5) is 46.8. The highest BCUT2D eigenvalue weighted by atomic mass is 19.2. The highest BCUT2D eigenvalue weighted by molar-refractivity contribution is 6.29. The molecule has 0 unspecified atom stereocenters. The molecule has 2 aromatic rings. The van der Waals surface area contributed by atoms with Crippen LogP contribution >= 0.6 is 0 Å². The van der Waals surface area contributed by atoms with E-state index in [2.05, 4.69) is 9.47 Å². The first kappa shape index (κ1) is 12.6. The van der Waals surface area contributed by atoms with Crippen LogP contribution in [-0.2, 0) is 9.47 Å². The van der Waals surface area contributed by atoms with Crippen LogP contribution in [0.15, 0.2) is 12.1 Å². The average Bonchev–Trinajstić information content (AvgIpc) is 2.45. The van der Waals surface area contributed by atoms with Crippen molar-refractivity contribution in [3.05, 3.63) is 46.0 Å². The topological polar surface area (TPSA) is 86.7 Å². The molecule has 0 radical (unpaired) electrons. The van der Waals surface area contributed by atoms with Crippen LogP contribution in [-0.4, -0.2) is 23.9 Å². The second-order valence-electron chi connectivity index (χ2n) is 4.64. The molecule has 0 spiro atoms. The highest BCUT2D eigenvalue weighted by Crippen LogP contribution is 2.39. The number of benzene rings is 2. The number of halogens is 2. The smallest absolute Gasteiger partial charge is 0.349 e. The molecule has 0 atom stereocenters. The minimum absolute atomic E-state index is 0.240. The van der Waals surface area contributed by atoms with E-state index in [1.54, 1.807) is 0 Å². The molecule has 2 heterocycles. The maximum absolute atomic E-state index is 14.1. The van der Waals surface area contributed by atoms with Crippen molar-refractivity contribution >= 4 is 34.6 Å². The third-order valence-electron chi connectivity index (χ3n) is 3.56. The van der Waals surface area contributed by atoms with Gasteiger partial charge in [0.2, 0.25) is 0 Å². The number of hydrogen-bond acceptors (Lipinski definition) is 6. The van der Waals surface area contributed by atoms with Gasteiger partial charge in [0.15, 0.2) is 11.6 Å².